The summed E-state index contributed by atoms with van der Waals surface area (Å²) in [5, 5.41) is 13.8. The molecule has 0 spiro atoms. The summed E-state index contributed by atoms with van der Waals surface area (Å²) >= 11 is 1.47. The highest BCUT2D eigenvalue weighted by Crippen LogP contribution is 2.24. The summed E-state index contributed by atoms with van der Waals surface area (Å²) in [6, 6.07) is -0.289. The molecule has 118 valence electrons. The lowest BCUT2D eigenvalue weighted by Crippen LogP contribution is -2.41. The van der Waals surface area contributed by atoms with E-state index in [1.54, 1.807) is 12.6 Å². The van der Waals surface area contributed by atoms with E-state index in [4.69, 9.17) is 0 Å². The molecule has 1 unspecified atom stereocenters. The van der Waals surface area contributed by atoms with E-state index in [1.807, 2.05) is 26.2 Å². The molecule has 1 atom stereocenters. The van der Waals surface area contributed by atoms with E-state index < -0.39 is 11.9 Å². The van der Waals surface area contributed by atoms with Crippen LogP contribution in [0.15, 0.2) is 10.9 Å². The Morgan fingerprint density at radius 2 is 2.14 bits per heavy atom. The predicted molar refractivity (Wildman–Crippen MR) is 82.2 cm³/mol. The van der Waals surface area contributed by atoms with Gasteiger partial charge < -0.3 is 15.3 Å². The fraction of sp³-hybridized carbons (Fsp3) is 0.643. The standard InChI is InChI=1S/C14H23N3O3S/c1-14(2,3)5-10(12(18)19)6-15-13(20)17(4)7-11-8-21-9-16-11/h8-10H,5-7H2,1-4H3,(H,15,20)(H,18,19). The van der Waals surface area contributed by atoms with Crippen molar-refractivity contribution in [3.8, 4) is 0 Å². The molecule has 0 aromatic carbocycles. The van der Waals surface area contributed by atoms with Crippen LogP contribution in [0.4, 0.5) is 4.79 Å². The van der Waals surface area contributed by atoms with Crippen molar-refractivity contribution < 1.29 is 14.7 Å². The Morgan fingerprint density at radius 3 is 2.62 bits per heavy atom. The molecule has 0 aliphatic heterocycles. The Kier molecular flexibility index (Phi) is 6.14. The predicted octanol–water partition coefficient (Wildman–Crippen LogP) is 2.42. The van der Waals surface area contributed by atoms with Crippen LogP contribution in [0.5, 0.6) is 0 Å². The number of nitrogens with zero attached hydrogens (tertiary/aromatic N) is 2. The van der Waals surface area contributed by atoms with Crippen LogP contribution in [0.2, 0.25) is 0 Å². The van der Waals surface area contributed by atoms with Crippen LogP contribution in [0.1, 0.15) is 32.9 Å². The fourth-order valence-electron chi connectivity index (χ4n) is 1.96. The maximum atomic E-state index is 12.0. The number of nitrogens with one attached hydrogen (secondary N) is 1. The summed E-state index contributed by atoms with van der Waals surface area (Å²) in [5.41, 5.74) is 2.44. The van der Waals surface area contributed by atoms with Crippen LogP contribution in [0, 0.1) is 11.3 Å². The summed E-state index contributed by atoms with van der Waals surface area (Å²) in [7, 11) is 1.66. The van der Waals surface area contributed by atoms with Gasteiger partial charge in [0.25, 0.3) is 0 Å². The highest BCUT2D eigenvalue weighted by Gasteiger charge is 2.25. The monoisotopic (exact) mass is 313 g/mol. The van der Waals surface area contributed by atoms with Crippen molar-refractivity contribution in [2.75, 3.05) is 13.6 Å². The third kappa shape index (κ3) is 6.57. The Morgan fingerprint density at radius 1 is 1.48 bits per heavy atom. The van der Waals surface area contributed by atoms with E-state index in [0.29, 0.717) is 13.0 Å². The molecule has 2 N–H and O–H groups in total. The number of carbonyl (C=O) groups excluding carboxylic acids is 1. The average Bonchev–Trinajstić information content (AvgIpc) is 2.85. The molecule has 0 aliphatic carbocycles. The first kappa shape index (κ1) is 17.4. The second-order valence-electron chi connectivity index (χ2n) is 6.32. The molecule has 0 bridgehead atoms. The van der Waals surface area contributed by atoms with Crippen molar-refractivity contribution >= 4 is 23.3 Å². The van der Waals surface area contributed by atoms with Crippen molar-refractivity contribution in [3.05, 3.63) is 16.6 Å². The molecule has 1 aromatic rings. The van der Waals surface area contributed by atoms with Gasteiger partial charge in [0.1, 0.15) is 0 Å². The summed E-state index contributed by atoms with van der Waals surface area (Å²) in [5.74, 6) is -1.46. The van der Waals surface area contributed by atoms with Crippen LogP contribution >= 0.6 is 11.3 Å². The van der Waals surface area contributed by atoms with Crippen LogP contribution in [-0.4, -0.2) is 40.6 Å². The topological polar surface area (TPSA) is 82.5 Å². The SMILES string of the molecule is CN(Cc1cscn1)C(=O)NCC(CC(C)(C)C)C(=O)O. The summed E-state index contributed by atoms with van der Waals surface area (Å²) in [4.78, 5) is 28.8. The second-order valence-corrected chi connectivity index (χ2v) is 7.04. The van der Waals surface area contributed by atoms with Gasteiger partial charge in [-0.1, -0.05) is 20.8 Å². The van der Waals surface area contributed by atoms with Gasteiger partial charge in [0, 0.05) is 19.0 Å². The number of aromatic nitrogens is 1. The summed E-state index contributed by atoms with van der Waals surface area (Å²) in [6.07, 6.45) is 0.512. The molecular weight excluding hydrogens is 290 g/mol. The van der Waals surface area contributed by atoms with Crippen LogP contribution in [0.25, 0.3) is 0 Å². The van der Waals surface area contributed by atoms with Gasteiger partial charge in [0.15, 0.2) is 0 Å². The molecule has 6 nitrogen and oxygen atoms in total. The van der Waals surface area contributed by atoms with Crippen molar-refractivity contribution in [1.82, 2.24) is 15.2 Å². The van der Waals surface area contributed by atoms with Crippen molar-refractivity contribution in [1.29, 1.82) is 0 Å². The molecule has 0 radical (unpaired) electrons. The molecule has 0 aliphatic rings. The molecule has 0 saturated carbocycles. The average molecular weight is 313 g/mol. The van der Waals surface area contributed by atoms with E-state index in [0.717, 1.165) is 5.69 Å². The molecule has 0 saturated heterocycles. The smallest absolute Gasteiger partial charge is 0.317 e. The Bertz CT molecular complexity index is 468. The van der Waals surface area contributed by atoms with Gasteiger partial charge in [-0.2, -0.15) is 0 Å². The number of hydrogen-bond acceptors (Lipinski definition) is 4. The third-order valence-electron chi connectivity index (χ3n) is 2.94. The lowest BCUT2D eigenvalue weighted by molar-refractivity contribution is -0.142. The number of carboxylic acid groups (broad SMARTS) is 1. The number of rotatable bonds is 6. The van der Waals surface area contributed by atoms with Crippen LogP contribution < -0.4 is 5.32 Å². The van der Waals surface area contributed by atoms with Crippen LogP contribution in [-0.2, 0) is 11.3 Å². The Hall–Kier alpha value is -1.63. The summed E-state index contributed by atoms with van der Waals surface area (Å²) in [6.45, 7) is 6.50. The minimum Gasteiger partial charge on any atom is -0.481 e. The first-order chi connectivity index (χ1) is 9.69. The lowest BCUT2D eigenvalue weighted by atomic mass is 9.84. The molecule has 7 heteroatoms. The second kappa shape index (κ2) is 7.40. The van der Waals surface area contributed by atoms with Gasteiger partial charge in [-0.05, 0) is 11.8 Å². The largest absolute Gasteiger partial charge is 0.481 e. The highest BCUT2D eigenvalue weighted by molar-refractivity contribution is 7.07. The number of aliphatic carboxylic acids is 1. The van der Waals surface area contributed by atoms with E-state index in [-0.39, 0.29) is 18.0 Å². The number of amides is 2. The zero-order chi connectivity index (χ0) is 16.0. The van der Waals surface area contributed by atoms with Gasteiger partial charge in [-0.25, -0.2) is 9.78 Å². The zero-order valence-electron chi connectivity index (χ0n) is 12.9. The number of thiazole rings is 1. The fourth-order valence-corrected chi connectivity index (χ4v) is 2.51. The van der Waals surface area contributed by atoms with Crippen molar-refractivity contribution in [2.24, 2.45) is 11.3 Å². The van der Waals surface area contributed by atoms with Gasteiger partial charge in [-0.3, -0.25) is 4.79 Å². The quantitative estimate of drug-likeness (QED) is 0.845. The number of hydrogen-bond donors (Lipinski definition) is 2. The van der Waals surface area contributed by atoms with Gasteiger partial charge >= 0.3 is 12.0 Å². The lowest BCUT2D eigenvalue weighted by Gasteiger charge is -2.24. The zero-order valence-corrected chi connectivity index (χ0v) is 13.7. The Labute approximate surface area is 129 Å². The first-order valence-corrected chi connectivity index (χ1v) is 7.72. The van der Waals surface area contributed by atoms with Gasteiger partial charge in [0.05, 0.1) is 23.7 Å². The third-order valence-corrected chi connectivity index (χ3v) is 3.57. The minimum atomic E-state index is -0.882. The molecule has 2 amide bonds. The van der Waals surface area contributed by atoms with E-state index in [2.05, 4.69) is 10.3 Å². The van der Waals surface area contributed by atoms with E-state index in [1.165, 1.54) is 16.2 Å². The van der Waals surface area contributed by atoms with Crippen molar-refractivity contribution in [3.63, 3.8) is 0 Å². The molecule has 1 heterocycles. The van der Waals surface area contributed by atoms with Crippen LogP contribution in [0.3, 0.4) is 0 Å². The summed E-state index contributed by atoms with van der Waals surface area (Å²) < 4.78 is 0. The molecule has 1 rings (SSSR count). The number of carboxylic acids is 1. The number of urea groups is 1. The minimum absolute atomic E-state index is 0.0969. The molecular formula is C14H23N3O3S. The van der Waals surface area contributed by atoms with Gasteiger partial charge in [0.2, 0.25) is 0 Å². The molecule has 1 aromatic heterocycles. The molecule has 0 fully saturated rings. The van der Waals surface area contributed by atoms with E-state index in [9.17, 15) is 14.7 Å². The molecule has 21 heavy (non-hydrogen) atoms. The maximum absolute atomic E-state index is 12.0. The van der Waals surface area contributed by atoms with Gasteiger partial charge in [-0.15, -0.1) is 11.3 Å². The Balaban J connectivity index is 2.47. The van der Waals surface area contributed by atoms with E-state index >= 15 is 0 Å². The highest BCUT2D eigenvalue weighted by atomic mass is 32.1. The maximum Gasteiger partial charge on any atom is 0.317 e. The normalized spacial score (nSPS) is 12.8. The number of carbonyl (C=O) groups is 2. The van der Waals surface area contributed by atoms with Crippen molar-refractivity contribution in [2.45, 2.75) is 33.7 Å². The first-order valence-electron chi connectivity index (χ1n) is 6.78.